The lowest BCUT2D eigenvalue weighted by atomic mass is 9.78. The van der Waals surface area contributed by atoms with Crippen LogP contribution in [0, 0.1) is 34.6 Å². The molecule has 35 heavy (non-hydrogen) atoms. The third kappa shape index (κ3) is 4.49. The summed E-state index contributed by atoms with van der Waals surface area (Å²) in [5.41, 5.74) is -0.373. The van der Waals surface area contributed by atoms with Crippen LogP contribution in [0.5, 0.6) is 0 Å². The Morgan fingerprint density at radius 2 is 2.26 bits per heavy atom. The maximum atomic E-state index is 14.0. The first-order valence-electron chi connectivity index (χ1n) is 12.3. The number of aromatic nitrogens is 1. The van der Waals surface area contributed by atoms with Gasteiger partial charge >= 0.3 is 6.18 Å². The Morgan fingerprint density at radius 3 is 3.00 bits per heavy atom. The van der Waals surface area contributed by atoms with Crippen LogP contribution < -0.4 is 0 Å². The van der Waals surface area contributed by atoms with Crippen LogP contribution in [0.4, 0.5) is 13.2 Å². The summed E-state index contributed by atoms with van der Waals surface area (Å²) < 4.78 is 50.9. The van der Waals surface area contributed by atoms with Gasteiger partial charge in [-0.1, -0.05) is 0 Å². The average molecular weight is 493 g/mol. The van der Waals surface area contributed by atoms with Crippen molar-refractivity contribution in [3.8, 4) is 6.19 Å². The molecule has 3 aliphatic heterocycles. The quantitative estimate of drug-likeness (QED) is 0.601. The van der Waals surface area contributed by atoms with Crippen LogP contribution in [0.25, 0.3) is 0 Å². The molecule has 0 spiro atoms. The number of nitriles is 1. The minimum Gasteiger partial charge on any atom is -0.379 e. The topological polar surface area (TPSA) is 78.7 Å². The molecule has 1 amide bonds. The lowest BCUT2D eigenvalue weighted by Crippen LogP contribution is -2.48. The van der Waals surface area contributed by atoms with E-state index in [2.05, 4.69) is 11.2 Å². The Balaban J connectivity index is 1.35. The summed E-state index contributed by atoms with van der Waals surface area (Å²) in [6.07, 6.45) is 2.58. The molecule has 1 saturated carbocycles. The lowest BCUT2D eigenvalue weighted by molar-refractivity contribution is -0.144. The van der Waals surface area contributed by atoms with Crippen LogP contribution in [0.3, 0.4) is 0 Å². The number of carbonyl (C=O) groups excluding carboxylic acids is 1. The van der Waals surface area contributed by atoms with Crippen molar-refractivity contribution < 1.29 is 27.4 Å². The van der Waals surface area contributed by atoms with Crippen molar-refractivity contribution >= 4 is 5.91 Å². The minimum atomic E-state index is -4.47. The van der Waals surface area contributed by atoms with Crippen molar-refractivity contribution in [3.63, 3.8) is 0 Å². The first kappa shape index (κ1) is 24.3. The van der Waals surface area contributed by atoms with Crippen LogP contribution in [-0.2, 0) is 33.4 Å². The molecule has 2 saturated heterocycles. The highest BCUT2D eigenvalue weighted by atomic mass is 19.4. The normalized spacial score (nSPS) is 32.8. The Kier molecular flexibility index (Phi) is 6.43. The number of carbonyl (C=O) groups is 1. The number of hydrogen-bond donors (Lipinski definition) is 0. The van der Waals surface area contributed by atoms with Crippen LogP contribution >= 0.6 is 0 Å². The van der Waals surface area contributed by atoms with E-state index in [1.807, 2.05) is 0 Å². The molecule has 1 aliphatic carbocycles. The monoisotopic (exact) mass is 492 g/mol. The Labute approximate surface area is 203 Å². The molecular formula is C25H31F3N4O3. The number of nitrogens with zero attached hydrogens (tertiary/aromatic N) is 4. The summed E-state index contributed by atoms with van der Waals surface area (Å²) in [6.45, 7) is 2.81. The van der Waals surface area contributed by atoms with Crippen LogP contribution in [0.1, 0.15) is 42.5 Å². The van der Waals surface area contributed by atoms with Gasteiger partial charge in [0.2, 0.25) is 5.91 Å². The van der Waals surface area contributed by atoms with Gasteiger partial charge in [0.05, 0.1) is 23.7 Å². The molecule has 10 heteroatoms. The predicted octanol–water partition coefficient (Wildman–Crippen LogP) is 3.24. The summed E-state index contributed by atoms with van der Waals surface area (Å²) in [5.74, 6) is 0.772. The summed E-state index contributed by atoms with van der Waals surface area (Å²) >= 11 is 0. The summed E-state index contributed by atoms with van der Waals surface area (Å²) in [5, 5.41) is 9.56. The molecule has 0 radical (unpaired) electrons. The fraction of sp³-hybridized carbons (Fsp3) is 0.720. The molecule has 7 nitrogen and oxygen atoms in total. The van der Waals surface area contributed by atoms with Gasteiger partial charge in [0.1, 0.15) is 0 Å². The molecule has 1 aromatic rings. The maximum absolute atomic E-state index is 14.0. The van der Waals surface area contributed by atoms with E-state index in [1.54, 1.807) is 16.9 Å². The number of halogens is 3. The number of alkyl halides is 3. The van der Waals surface area contributed by atoms with Crippen molar-refractivity contribution in [2.45, 2.75) is 50.9 Å². The van der Waals surface area contributed by atoms with Gasteiger partial charge in [0, 0.05) is 58.2 Å². The van der Waals surface area contributed by atoms with Gasteiger partial charge in [-0.15, -0.1) is 0 Å². The highest BCUT2D eigenvalue weighted by molar-refractivity contribution is 5.84. The third-order valence-corrected chi connectivity index (χ3v) is 8.57. The largest absolute Gasteiger partial charge is 0.417 e. The van der Waals surface area contributed by atoms with Crippen molar-refractivity contribution in [1.82, 2.24) is 14.8 Å². The second kappa shape index (κ2) is 9.25. The molecular weight excluding hydrogens is 461 g/mol. The fourth-order valence-electron chi connectivity index (χ4n) is 6.88. The maximum Gasteiger partial charge on any atom is 0.417 e. The molecule has 0 bridgehead atoms. The van der Waals surface area contributed by atoms with E-state index in [0.717, 1.165) is 31.5 Å². The Bertz CT molecular complexity index is 1010. The second-order valence-electron chi connectivity index (χ2n) is 10.6. The van der Waals surface area contributed by atoms with E-state index < -0.39 is 17.2 Å². The van der Waals surface area contributed by atoms with E-state index in [9.17, 15) is 23.2 Å². The van der Waals surface area contributed by atoms with Gasteiger partial charge in [-0.2, -0.15) is 18.4 Å². The molecule has 4 aliphatic rings. The molecule has 0 aromatic carbocycles. The summed E-state index contributed by atoms with van der Waals surface area (Å²) in [4.78, 5) is 21.4. The number of rotatable bonds is 4. The molecule has 4 heterocycles. The van der Waals surface area contributed by atoms with Gasteiger partial charge in [0.25, 0.3) is 0 Å². The smallest absolute Gasteiger partial charge is 0.379 e. The lowest BCUT2D eigenvalue weighted by Gasteiger charge is -2.37. The fourth-order valence-corrected chi connectivity index (χ4v) is 6.88. The van der Waals surface area contributed by atoms with Gasteiger partial charge in [-0.05, 0) is 55.1 Å². The number of hydrogen-bond acceptors (Lipinski definition) is 6. The van der Waals surface area contributed by atoms with Crippen molar-refractivity contribution in [2.75, 3.05) is 40.0 Å². The first-order valence-corrected chi connectivity index (χ1v) is 12.3. The zero-order chi connectivity index (χ0) is 24.8. The number of amides is 1. The standard InChI is InChI=1S/C25H31F3N4O3/c1-34-22-13-35-5-3-17(22)6-16-7-20-12-31(15-29)14-24(20,9-16)23(33)32-4-2-21-18(11-32)8-19(10-30-21)25(26,27)28/h8,10,16-17,20,22H,2-7,9,11-14H2,1H3/t16-,17?,20+,22?,24+/m1/s1. The molecule has 2 unspecified atom stereocenters. The number of pyridine rings is 1. The van der Waals surface area contributed by atoms with Crippen molar-refractivity contribution in [3.05, 3.63) is 29.1 Å². The molecule has 0 N–H and O–H groups in total. The third-order valence-electron chi connectivity index (χ3n) is 8.57. The molecule has 190 valence electrons. The number of methoxy groups -OCH3 is 1. The zero-order valence-electron chi connectivity index (χ0n) is 19.9. The number of likely N-dealkylation sites (tertiary alicyclic amines) is 1. The average Bonchev–Trinajstić information content (AvgIpc) is 3.37. The molecule has 5 rings (SSSR count). The van der Waals surface area contributed by atoms with Crippen LogP contribution in [-0.4, -0.2) is 66.8 Å². The summed E-state index contributed by atoms with van der Waals surface area (Å²) in [6, 6.07) is 1.13. The molecule has 3 fully saturated rings. The van der Waals surface area contributed by atoms with Gasteiger partial charge in [-0.3, -0.25) is 9.78 Å². The van der Waals surface area contributed by atoms with E-state index in [-0.39, 0.29) is 24.5 Å². The van der Waals surface area contributed by atoms with Crippen LogP contribution in [0.15, 0.2) is 12.3 Å². The number of ether oxygens (including phenoxy) is 2. The van der Waals surface area contributed by atoms with E-state index in [0.29, 0.717) is 68.8 Å². The minimum absolute atomic E-state index is 0.0268. The van der Waals surface area contributed by atoms with Gasteiger partial charge in [-0.25, -0.2) is 0 Å². The van der Waals surface area contributed by atoms with E-state index >= 15 is 0 Å². The van der Waals surface area contributed by atoms with Gasteiger partial charge < -0.3 is 19.3 Å². The van der Waals surface area contributed by atoms with E-state index in [1.165, 1.54) is 0 Å². The molecule has 1 aromatic heterocycles. The highest BCUT2D eigenvalue weighted by Gasteiger charge is 2.59. The zero-order valence-corrected chi connectivity index (χ0v) is 19.9. The Hall–Kier alpha value is -2.38. The Morgan fingerprint density at radius 1 is 1.43 bits per heavy atom. The number of fused-ring (bicyclic) bond motifs is 2. The SMILES string of the molecule is COC1COCCC1C[C@@H]1C[C@H]2CN(C#N)C[C@@]2(C(=O)N2CCc3ncc(C(F)(F)F)cc3C2)C1. The van der Waals surface area contributed by atoms with Crippen molar-refractivity contribution in [1.29, 1.82) is 5.26 Å². The highest BCUT2D eigenvalue weighted by Crippen LogP contribution is 2.54. The second-order valence-corrected chi connectivity index (χ2v) is 10.6. The predicted molar refractivity (Wildman–Crippen MR) is 119 cm³/mol. The van der Waals surface area contributed by atoms with E-state index in [4.69, 9.17) is 9.47 Å². The summed E-state index contributed by atoms with van der Waals surface area (Å²) in [7, 11) is 1.71. The first-order chi connectivity index (χ1) is 16.7. The van der Waals surface area contributed by atoms with Crippen LogP contribution in [0.2, 0.25) is 0 Å². The van der Waals surface area contributed by atoms with Crippen molar-refractivity contribution in [2.24, 2.45) is 23.2 Å². The van der Waals surface area contributed by atoms with Gasteiger partial charge in [0.15, 0.2) is 6.19 Å². The molecule has 5 atom stereocenters.